The van der Waals surface area contributed by atoms with Gasteiger partial charge in [-0.15, -0.1) is 0 Å². The van der Waals surface area contributed by atoms with E-state index in [1.165, 1.54) is 0 Å². The third-order valence-corrected chi connectivity index (χ3v) is 1.45. The van der Waals surface area contributed by atoms with E-state index < -0.39 is 12.0 Å². The van der Waals surface area contributed by atoms with Gasteiger partial charge >= 0.3 is 5.97 Å². The van der Waals surface area contributed by atoms with E-state index in [2.05, 4.69) is 0 Å². The van der Waals surface area contributed by atoms with Crippen LogP contribution in [0.15, 0.2) is 0 Å². The van der Waals surface area contributed by atoms with Crippen LogP contribution in [-0.4, -0.2) is 28.3 Å². The molecule has 0 aromatic carbocycles. The molecule has 4 nitrogen and oxygen atoms in total. The number of aliphatic hydroxyl groups is 1. The highest BCUT2D eigenvalue weighted by Crippen LogP contribution is 2.02. The van der Waals surface area contributed by atoms with E-state index in [1.807, 2.05) is 0 Å². The molecule has 0 aliphatic rings. The van der Waals surface area contributed by atoms with Gasteiger partial charge < -0.3 is 15.9 Å². The van der Waals surface area contributed by atoms with Crippen molar-refractivity contribution < 1.29 is 15.0 Å². The largest absolute Gasteiger partial charge is 0.480 e. The van der Waals surface area contributed by atoms with Crippen molar-refractivity contribution in [3.63, 3.8) is 0 Å². The summed E-state index contributed by atoms with van der Waals surface area (Å²) >= 11 is 0. The molecule has 0 aromatic heterocycles. The van der Waals surface area contributed by atoms with Crippen LogP contribution >= 0.6 is 0 Å². The second-order valence-corrected chi connectivity index (χ2v) is 2.72. The third kappa shape index (κ3) is 5.82. The molecule has 0 saturated heterocycles. The lowest BCUT2D eigenvalue weighted by atomic mass is 10.1. The van der Waals surface area contributed by atoms with Crippen molar-refractivity contribution in [2.75, 3.05) is 0 Å². The fraction of sp³-hybridized carbons (Fsp3) is 0.857. The van der Waals surface area contributed by atoms with Gasteiger partial charge in [-0.05, 0) is 26.2 Å². The number of rotatable bonds is 5. The SMILES string of the molecule is CC(O)CCC[C@H](N)C(=O)O. The summed E-state index contributed by atoms with van der Waals surface area (Å²) in [5.41, 5.74) is 5.22. The maximum absolute atomic E-state index is 10.2. The maximum Gasteiger partial charge on any atom is 0.320 e. The Bertz CT molecular complexity index is 125. The molecular formula is C7H15NO3. The van der Waals surface area contributed by atoms with Crippen molar-refractivity contribution >= 4 is 5.97 Å². The maximum atomic E-state index is 10.2. The van der Waals surface area contributed by atoms with E-state index in [0.717, 1.165) is 0 Å². The van der Waals surface area contributed by atoms with Gasteiger partial charge in [0.25, 0.3) is 0 Å². The van der Waals surface area contributed by atoms with Crippen LogP contribution < -0.4 is 5.73 Å². The molecule has 0 aliphatic heterocycles. The first kappa shape index (κ1) is 10.4. The lowest BCUT2D eigenvalue weighted by Gasteiger charge is -2.06. The molecule has 0 amide bonds. The lowest BCUT2D eigenvalue weighted by molar-refractivity contribution is -0.138. The van der Waals surface area contributed by atoms with Gasteiger partial charge in [-0.1, -0.05) is 0 Å². The summed E-state index contributed by atoms with van der Waals surface area (Å²) in [6.07, 6.45) is 1.34. The van der Waals surface area contributed by atoms with Crippen LogP contribution in [0.2, 0.25) is 0 Å². The zero-order valence-corrected chi connectivity index (χ0v) is 6.66. The minimum Gasteiger partial charge on any atom is -0.480 e. The van der Waals surface area contributed by atoms with Crippen LogP contribution in [0.25, 0.3) is 0 Å². The van der Waals surface area contributed by atoms with Gasteiger partial charge in [0, 0.05) is 0 Å². The summed E-state index contributed by atoms with van der Waals surface area (Å²) in [7, 11) is 0. The first-order valence-electron chi connectivity index (χ1n) is 3.70. The van der Waals surface area contributed by atoms with Gasteiger partial charge in [0.15, 0.2) is 0 Å². The Morgan fingerprint density at radius 1 is 1.55 bits per heavy atom. The van der Waals surface area contributed by atoms with E-state index in [4.69, 9.17) is 15.9 Å². The topological polar surface area (TPSA) is 83.5 Å². The molecule has 0 spiro atoms. The van der Waals surface area contributed by atoms with Gasteiger partial charge in [-0.25, -0.2) is 0 Å². The predicted octanol–water partition coefficient (Wildman–Crippen LogP) is -0.0506. The zero-order chi connectivity index (χ0) is 8.85. The van der Waals surface area contributed by atoms with E-state index in [0.29, 0.717) is 19.3 Å². The molecule has 0 radical (unpaired) electrons. The fourth-order valence-electron chi connectivity index (χ4n) is 0.757. The highest BCUT2D eigenvalue weighted by molar-refractivity contribution is 5.72. The van der Waals surface area contributed by atoms with Crippen molar-refractivity contribution in [1.82, 2.24) is 0 Å². The monoisotopic (exact) mass is 161 g/mol. The molecule has 1 unspecified atom stereocenters. The second kappa shape index (κ2) is 5.09. The molecule has 0 rings (SSSR count). The zero-order valence-electron chi connectivity index (χ0n) is 6.66. The summed E-state index contributed by atoms with van der Waals surface area (Å²) in [4.78, 5) is 10.2. The van der Waals surface area contributed by atoms with Crippen molar-refractivity contribution in [3.8, 4) is 0 Å². The molecule has 0 saturated carbocycles. The van der Waals surface area contributed by atoms with Gasteiger partial charge in [0.1, 0.15) is 6.04 Å². The number of hydrogen-bond donors (Lipinski definition) is 3. The van der Waals surface area contributed by atoms with Crippen LogP contribution in [-0.2, 0) is 4.79 Å². The lowest BCUT2D eigenvalue weighted by Crippen LogP contribution is -2.29. The summed E-state index contributed by atoms with van der Waals surface area (Å²) in [6, 6.07) is -0.784. The summed E-state index contributed by atoms with van der Waals surface area (Å²) in [5.74, 6) is -0.976. The van der Waals surface area contributed by atoms with E-state index in [-0.39, 0.29) is 6.10 Å². The summed E-state index contributed by atoms with van der Waals surface area (Å²) in [6.45, 7) is 1.67. The van der Waals surface area contributed by atoms with Crippen molar-refractivity contribution in [1.29, 1.82) is 0 Å². The second-order valence-electron chi connectivity index (χ2n) is 2.72. The molecule has 11 heavy (non-hydrogen) atoms. The summed E-state index contributed by atoms with van der Waals surface area (Å²) in [5, 5.41) is 17.2. The molecule has 0 aliphatic carbocycles. The van der Waals surface area contributed by atoms with Crippen LogP contribution in [0.3, 0.4) is 0 Å². The highest BCUT2D eigenvalue weighted by Gasteiger charge is 2.10. The molecule has 0 heterocycles. The number of aliphatic hydroxyl groups excluding tert-OH is 1. The van der Waals surface area contributed by atoms with Crippen molar-refractivity contribution in [3.05, 3.63) is 0 Å². The van der Waals surface area contributed by atoms with Gasteiger partial charge in [0.2, 0.25) is 0 Å². The first-order chi connectivity index (χ1) is 5.04. The molecule has 2 atom stereocenters. The van der Waals surface area contributed by atoms with E-state index in [1.54, 1.807) is 6.92 Å². The van der Waals surface area contributed by atoms with Crippen LogP contribution in [0.5, 0.6) is 0 Å². The number of carboxylic acid groups (broad SMARTS) is 1. The number of carbonyl (C=O) groups is 1. The van der Waals surface area contributed by atoms with Crippen LogP contribution in [0, 0.1) is 0 Å². The first-order valence-corrected chi connectivity index (χ1v) is 3.70. The molecule has 0 bridgehead atoms. The quantitative estimate of drug-likeness (QED) is 0.528. The number of hydrogen-bond acceptors (Lipinski definition) is 3. The fourth-order valence-corrected chi connectivity index (χ4v) is 0.757. The average molecular weight is 161 g/mol. The van der Waals surface area contributed by atoms with E-state index >= 15 is 0 Å². The predicted molar refractivity (Wildman–Crippen MR) is 41.1 cm³/mol. The smallest absolute Gasteiger partial charge is 0.320 e. The Hall–Kier alpha value is -0.610. The standard InChI is InChI=1S/C7H15NO3/c1-5(9)3-2-4-6(8)7(10)11/h5-6,9H,2-4,8H2,1H3,(H,10,11)/t5?,6-/m0/s1. The average Bonchev–Trinajstić information content (AvgIpc) is 1.86. The minimum absolute atomic E-state index is 0.365. The molecule has 66 valence electrons. The number of aliphatic carboxylic acids is 1. The Labute approximate surface area is 66.0 Å². The molecule has 0 fully saturated rings. The Morgan fingerprint density at radius 3 is 2.45 bits per heavy atom. The third-order valence-electron chi connectivity index (χ3n) is 1.45. The number of carboxylic acids is 1. The number of nitrogens with two attached hydrogens (primary N) is 1. The molecular weight excluding hydrogens is 146 g/mol. The molecule has 4 heteroatoms. The van der Waals surface area contributed by atoms with Crippen molar-refractivity contribution in [2.45, 2.75) is 38.3 Å². The Kier molecular flexibility index (Phi) is 4.81. The Morgan fingerprint density at radius 2 is 2.09 bits per heavy atom. The highest BCUT2D eigenvalue weighted by atomic mass is 16.4. The van der Waals surface area contributed by atoms with Crippen LogP contribution in [0.1, 0.15) is 26.2 Å². The van der Waals surface area contributed by atoms with E-state index in [9.17, 15) is 4.79 Å². The molecule has 0 aromatic rings. The minimum atomic E-state index is -0.976. The van der Waals surface area contributed by atoms with Crippen LogP contribution in [0.4, 0.5) is 0 Å². The van der Waals surface area contributed by atoms with Gasteiger partial charge in [-0.2, -0.15) is 0 Å². The van der Waals surface area contributed by atoms with Crippen molar-refractivity contribution in [2.24, 2.45) is 5.73 Å². The molecule has 4 N–H and O–H groups in total. The normalized spacial score (nSPS) is 15.9. The summed E-state index contributed by atoms with van der Waals surface area (Å²) < 4.78 is 0. The Balaban J connectivity index is 3.31. The van der Waals surface area contributed by atoms with Gasteiger partial charge in [-0.3, -0.25) is 4.79 Å². The van der Waals surface area contributed by atoms with Gasteiger partial charge in [0.05, 0.1) is 6.10 Å².